The number of nitrogens with two attached hydrogens (primary N) is 1. The first-order valence-corrected chi connectivity index (χ1v) is 8.09. The first-order chi connectivity index (χ1) is 9.78. The Kier molecular flexibility index (Phi) is 4.95. The Bertz CT molecular complexity index is 464. The Labute approximate surface area is 127 Å². The lowest BCUT2D eigenvalue weighted by Crippen LogP contribution is -2.40. The van der Waals surface area contributed by atoms with Crippen LogP contribution >= 0.6 is 11.3 Å². The van der Waals surface area contributed by atoms with E-state index < -0.39 is 11.2 Å². The average Bonchev–Trinajstić information content (AvgIpc) is 2.98. The highest BCUT2D eigenvalue weighted by atomic mass is 32.1. The van der Waals surface area contributed by atoms with Crippen LogP contribution in [0, 0.1) is 11.3 Å². The predicted octanol–water partition coefficient (Wildman–Crippen LogP) is 4.27. The van der Waals surface area contributed by atoms with E-state index in [-0.39, 0.29) is 11.5 Å². The molecule has 1 heterocycles. The molecule has 1 aromatic heterocycles. The van der Waals surface area contributed by atoms with Gasteiger partial charge >= 0.3 is 6.18 Å². The van der Waals surface area contributed by atoms with Gasteiger partial charge < -0.3 is 0 Å². The molecule has 2 rings (SSSR count). The van der Waals surface area contributed by atoms with Crippen LogP contribution in [0.2, 0.25) is 0 Å². The molecule has 1 aliphatic rings. The SMILES string of the molecule is CC(C)CC1(C(NN)c2cnc(C(F)(F)F)s2)CCCC1. The summed E-state index contributed by atoms with van der Waals surface area (Å²) in [5.74, 6) is 6.19. The molecule has 0 saturated heterocycles. The van der Waals surface area contributed by atoms with Gasteiger partial charge in [0.1, 0.15) is 0 Å². The number of halogens is 3. The van der Waals surface area contributed by atoms with E-state index in [1.807, 2.05) is 0 Å². The third-order valence-corrected chi connectivity index (χ3v) is 5.35. The van der Waals surface area contributed by atoms with Crippen molar-refractivity contribution in [1.82, 2.24) is 10.4 Å². The molecule has 1 saturated carbocycles. The zero-order chi connectivity index (χ0) is 15.7. The summed E-state index contributed by atoms with van der Waals surface area (Å²) in [5.41, 5.74) is 2.72. The van der Waals surface area contributed by atoms with E-state index in [2.05, 4.69) is 24.3 Å². The minimum atomic E-state index is -4.39. The maximum atomic E-state index is 12.7. The molecule has 21 heavy (non-hydrogen) atoms. The van der Waals surface area contributed by atoms with Crippen LogP contribution < -0.4 is 11.3 Å². The highest BCUT2D eigenvalue weighted by Gasteiger charge is 2.44. The van der Waals surface area contributed by atoms with Crippen molar-refractivity contribution < 1.29 is 13.2 Å². The summed E-state index contributed by atoms with van der Waals surface area (Å²) in [5, 5.41) is -0.796. The number of rotatable bonds is 5. The van der Waals surface area contributed by atoms with Crippen LogP contribution in [0.1, 0.15) is 61.9 Å². The molecule has 120 valence electrons. The van der Waals surface area contributed by atoms with Crippen molar-refractivity contribution >= 4 is 11.3 Å². The zero-order valence-electron chi connectivity index (χ0n) is 12.3. The van der Waals surface area contributed by atoms with Crippen LogP contribution in [-0.2, 0) is 6.18 Å². The largest absolute Gasteiger partial charge is 0.443 e. The van der Waals surface area contributed by atoms with Crippen LogP contribution in [0.25, 0.3) is 0 Å². The lowest BCUT2D eigenvalue weighted by Gasteiger charge is -2.38. The molecule has 3 nitrogen and oxygen atoms in total. The molecule has 1 unspecified atom stereocenters. The number of alkyl halides is 3. The summed E-state index contributed by atoms with van der Waals surface area (Å²) >= 11 is 0.706. The Balaban J connectivity index is 2.30. The van der Waals surface area contributed by atoms with Crippen LogP contribution in [0.5, 0.6) is 0 Å². The Hall–Kier alpha value is -0.660. The standard InChI is InChI=1S/C14H22F3N3S/c1-9(2)7-13(5-3-4-6-13)11(20-18)10-8-19-12(21-10)14(15,16)17/h8-9,11,20H,3-7,18H2,1-2H3. The number of hydrazine groups is 1. The molecule has 0 amide bonds. The topological polar surface area (TPSA) is 50.9 Å². The minimum absolute atomic E-state index is 0.0572. The van der Waals surface area contributed by atoms with Gasteiger partial charge in [-0.3, -0.25) is 11.3 Å². The van der Waals surface area contributed by atoms with E-state index in [0.717, 1.165) is 32.1 Å². The van der Waals surface area contributed by atoms with Crippen molar-refractivity contribution in [2.75, 3.05) is 0 Å². The van der Waals surface area contributed by atoms with Crippen molar-refractivity contribution in [2.45, 2.75) is 58.2 Å². The Morgan fingerprint density at radius 2 is 2.00 bits per heavy atom. The number of hydrogen-bond donors (Lipinski definition) is 2. The second-order valence-electron chi connectivity index (χ2n) is 6.33. The third kappa shape index (κ3) is 3.57. The first kappa shape index (κ1) is 16.7. The summed E-state index contributed by atoms with van der Waals surface area (Å²) in [6, 6.07) is -0.254. The van der Waals surface area contributed by atoms with Crippen LogP contribution in [0.15, 0.2) is 6.20 Å². The molecule has 3 N–H and O–H groups in total. The van der Waals surface area contributed by atoms with E-state index in [0.29, 0.717) is 22.1 Å². The van der Waals surface area contributed by atoms with Gasteiger partial charge in [0.05, 0.1) is 6.04 Å². The van der Waals surface area contributed by atoms with Gasteiger partial charge in [-0.15, -0.1) is 11.3 Å². The molecular formula is C14H22F3N3S. The Morgan fingerprint density at radius 1 is 1.38 bits per heavy atom. The fourth-order valence-electron chi connectivity index (χ4n) is 3.61. The van der Waals surface area contributed by atoms with Crippen molar-refractivity contribution in [3.8, 4) is 0 Å². The second kappa shape index (κ2) is 6.22. The molecular weight excluding hydrogens is 299 g/mol. The fraction of sp³-hybridized carbons (Fsp3) is 0.786. The van der Waals surface area contributed by atoms with Crippen molar-refractivity contribution in [2.24, 2.45) is 17.2 Å². The second-order valence-corrected chi connectivity index (χ2v) is 7.39. The van der Waals surface area contributed by atoms with Gasteiger partial charge in [-0.25, -0.2) is 4.98 Å². The van der Waals surface area contributed by atoms with Crippen LogP contribution in [0.3, 0.4) is 0 Å². The maximum Gasteiger partial charge on any atom is 0.443 e. The summed E-state index contributed by atoms with van der Waals surface area (Å²) in [7, 11) is 0. The summed E-state index contributed by atoms with van der Waals surface area (Å²) in [6.07, 6.45) is 2.12. The monoisotopic (exact) mass is 321 g/mol. The zero-order valence-corrected chi connectivity index (χ0v) is 13.2. The van der Waals surface area contributed by atoms with Gasteiger partial charge in [0, 0.05) is 11.1 Å². The van der Waals surface area contributed by atoms with Gasteiger partial charge in [-0.1, -0.05) is 26.7 Å². The average molecular weight is 321 g/mol. The Morgan fingerprint density at radius 3 is 2.43 bits per heavy atom. The van der Waals surface area contributed by atoms with E-state index >= 15 is 0 Å². The van der Waals surface area contributed by atoms with Gasteiger partial charge in [0.2, 0.25) is 0 Å². The lowest BCUT2D eigenvalue weighted by atomic mass is 9.72. The third-order valence-electron chi connectivity index (χ3n) is 4.24. The smallest absolute Gasteiger partial charge is 0.271 e. The minimum Gasteiger partial charge on any atom is -0.271 e. The van der Waals surface area contributed by atoms with Crippen molar-refractivity contribution in [3.05, 3.63) is 16.1 Å². The normalized spacial score (nSPS) is 20.1. The number of thiazole rings is 1. The summed E-state index contributed by atoms with van der Waals surface area (Å²) in [6.45, 7) is 4.28. The quantitative estimate of drug-likeness (QED) is 0.629. The predicted molar refractivity (Wildman–Crippen MR) is 77.5 cm³/mol. The number of nitrogens with one attached hydrogen (secondary N) is 1. The molecule has 0 radical (unpaired) electrons. The molecule has 7 heteroatoms. The number of aromatic nitrogens is 1. The molecule has 1 atom stereocenters. The van der Waals surface area contributed by atoms with Crippen LogP contribution in [-0.4, -0.2) is 4.98 Å². The van der Waals surface area contributed by atoms with E-state index in [9.17, 15) is 13.2 Å². The van der Waals surface area contributed by atoms with E-state index in [4.69, 9.17) is 5.84 Å². The molecule has 1 aliphatic carbocycles. The number of nitrogens with zero attached hydrogens (tertiary/aromatic N) is 1. The highest BCUT2D eigenvalue weighted by Crippen LogP contribution is 2.52. The van der Waals surface area contributed by atoms with Gasteiger partial charge in [-0.2, -0.15) is 13.2 Å². The highest BCUT2D eigenvalue weighted by molar-refractivity contribution is 7.11. The van der Waals surface area contributed by atoms with Crippen molar-refractivity contribution in [3.63, 3.8) is 0 Å². The summed E-state index contributed by atoms with van der Waals surface area (Å²) in [4.78, 5) is 4.13. The molecule has 0 aromatic carbocycles. The van der Waals surface area contributed by atoms with Gasteiger partial charge in [0.25, 0.3) is 0 Å². The summed E-state index contributed by atoms with van der Waals surface area (Å²) < 4.78 is 38.2. The first-order valence-electron chi connectivity index (χ1n) is 7.27. The molecule has 0 spiro atoms. The molecule has 0 aliphatic heterocycles. The van der Waals surface area contributed by atoms with Crippen molar-refractivity contribution in [1.29, 1.82) is 0 Å². The molecule has 1 aromatic rings. The number of hydrogen-bond acceptors (Lipinski definition) is 4. The van der Waals surface area contributed by atoms with E-state index in [1.54, 1.807) is 0 Å². The van der Waals surface area contributed by atoms with Crippen LogP contribution in [0.4, 0.5) is 13.2 Å². The maximum absolute atomic E-state index is 12.7. The van der Waals surface area contributed by atoms with E-state index in [1.165, 1.54) is 6.20 Å². The molecule has 1 fully saturated rings. The van der Waals surface area contributed by atoms with Gasteiger partial charge in [0.15, 0.2) is 5.01 Å². The fourth-order valence-corrected chi connectivity index (χ4v) is 4.60. The molecule has 0 bridgehead atoms. The lowest BCUT2D eigenvalue weighted by molar-refractivity contribution is -0.137. The van der Waals surface area contributed by atoms with Gasteiger partial charge in [-0.05, 0) is 30.6 Å².